The molecular formula is C12H16ClN5. The zero-order valence-electron chi connectivity index (χ0n) is 10.7. The van der Waals surface area contributed by atoms with Crippen molar-refractivity contribution in [3.05, 3.63) is 35.1 Å². The van der Waals surface area contributed by atoms with Crippen LogP contribution in [-0.2, 0) is 6.54 Å². The van der Waals surface area contributed by atoms with Gasteiger partial charge in [0.25, 0.3) is 0 Å². The van der Waals surface area contributed by atoms with E-state index in [0.29, 0.717) is 11.6 Å². The third-order valence-electron chi connectivity index (χ3n) is 2.39. The molecule has 0 aliphatic rings. The van der Waals surface area contributed by atoms with Crippen molar-refractivity contribution in [2.45, 2.75) is 32.9 Å². The minimum Gasteiger partial charge on any atom is -0.305 e. The molecule has 0 aliphatic carbocycles. The van der Waals surface area contributed by atoms with Crippen molar-refractivity contribution in [1.82, 2.24) is 25.5 Å². The minimum atomic E-state index is 0.0112. The number of para-hydroxylation sites is 1. The Balaban J connectivity index is 2.26. The summed E-state index contributed by atoms with van der Waals surface area (Å²) in [6, 6.07) is 7.49. The number of aromatic nitrogens is 4. The molecule has 0 aliphatic heterocycles. The smallest absolute Gasteiger partial charge is 0.170 e. The lowest BCUT2D eigenvalue weighted by atomic mass is 10.1. The van der Waals surface area contributed by atoms with Gasteiger partial charge in [0.1, 0.15) is 0 Å². The van der Waals surface area contributed by atoms with Gasteiger partial charge < -0.3 is 5.32 Å². The van der Waals surface area contributed by atoms with E-state index in [4.69, 9.17) is 11.6 Å². The van der Waals surface area contributed by atoms with Crippen molar-refractivity contribution < 1.29 is 0 Å². The summed E-state index contributed by atoms with van der Waals surface area (Å²) in [6.07, 6.45) is 0. The molecule has 0 spiro atoms. The lowest BCUT2D eigenvalue weighted by Gasteiger charge is -2.19. The van der Waals surface area contributed by atoms with Crippen molar-refractivity contribution in [3.63, 3.8) is 0 Å². The fourth-order valence-corrected chi connectivity index (χ4v) is 1.69. The molecule has 0 fully saturated rings. The molecular weight excluding hydrogens is 250 g/mol. The molecule has 1 aromatic heterocycles. The Hall–Kier alpha value is -1.46. The normalized spacial score (nSPS) is 11.8. The Morgan fingerprint density at radius 2 is 2.00 bits per heavy atom. The van der Waals surface area contributed by atoms with Crippen LogP contribution in [0, 0.1) is 0 Å². The largest absolute Gasteiger partial charge is 0.305 e. The summed E-state index contributed by atoms with van der Waals surface area (Å²) in [6.45, 7) is 6.87. The second kappa shape index (κ2) is 5.04. The molecule has 0 radical (unpaired) electrons. The first-order chi connectivity index (χ1) is 8.47. The van der Waals surface area contributed by atoms with Gasteiger partial charge in [0, 0.05) is 5.54 Å². The number of hydrogen-bond acceptors (Lipinski definition) is 4. The molecule has 0 saturated carbocycles. The lowest BCUT2D eigenvalue weighted by Crippen LogP contribution is -2.35. The van der Waals surface area contributed by atoms with E-state index in [-0.39, 0.29) is 5.54 Å². The maximum atomic E-state index is 6.14. The number of rotatable bonds is 3. The highest BCUT2D eigenvalue weighted by atomic mass is 35.5. The Kier molecular flexibility index (Phi) is 3.63. The van der Waals surface area contributed by atoms with Crippen LogP contribution in [0.2, 0.25) is 5.02 Å². The molecule has 0 atom stereocenters. The quantitative estimate of drug-likeness (QED) is 0.924. The molecule has 1 N–H and O–H groups in total. The summed E-state index contributed by atoms with van der Waals surface area (Å²) in [7, 11) is 0. The summed E-state index contributed by atoms with van der Waals surface area (Å²) in [5, 5.41) is 15.7. The molecule has 0 unspecified atom stereocenters. The first kappa shape index (κ1) is 13.0. The van der Waals surface area contributed by atoms with Gasteiger partial charge in [0.05, 0.1) is 17.3 Å². The van der Waals surface area contributed by atoms with Gasteiger partial charge in [-0.05, 0) is 43.3 Å². The van der Waals surface area contributed by atoms with E-state index in [1.807, 2.05) is 24.3 Å². The van der Waals surface area contributed by atoms with Gasteiger partial charge in [-0.15, -0.1) is 5.10 Å². The zero-order chi connectivity index (χ0) is 13.2. The topological polar surface area (TPSA) is 55.6 Å². The highest BCUT2D eigenvalue weighted by molar-refractivity contribution is 6.32. The van der Waals surface area contributed by atoms with Crippen LogP contribution in [0.1, 0.15) is 26.6 Å². The summed E-state index contributed by atoms with van der Waals surface area (Å²) >= 11 is 6.14. The van der Waals surface area contributed by atoms with Gasteiger partial charge in [-0.1, -0.05) is 23.7 Å². The predicted molar refractivity (Wildman–Crippen MR) is 70.8 cm³/mol. The maximum absolute atomic E-state index is 6.14. The lowest BCUT2D eigenvalue weighted by molar-refractivity contribution is 0.415. The molecule has 5 nitrogen and oxygen atoms in total. The molecule has 2 aromatic rings. The highest BCUT2D eigenvalue weighted by Crippen LogP contribution is 2.19. The molecule has 6 heteroatoms. The van der Waals surface area contributed by atoms with Gasteiger partial charge in [0.15, 0.2) is 5.82 Å². The number of hydrogen-bond donors (Lipinski definition) is 1. The van der Waals surface area contributed by atoms with Gasteiger partial charge in [-0.3, -0.25) is 0 Å². The molecule has 18 heavy (non-hydrogen) atoms. The number of benzene rings is 1. The third kappa shape index (κ3) is 3.05. The maximum Gasteiger partial charge on any atom is 0.170 e. The van der Waals surface area contributed by atoms with Gasteiger partial charge >= 0.3 is 0 Å². The molecule has 1 heterocycles. The average Bonchev–Trinajstić information content (AvgIpc) is 2.74. The van der Waals surface area contributed by atoms with E-state index in [1.165, 1.54) is 0 Å². The highest BCUT2D eigenvalue weighted by Gasteiger charge is 2.14. The first-order valence-corrected chi connectivity index (χ1v) is 6.12. The second-order valence-electron chi connectivity index (χ2n) is 5.06. The van der Waals surface area contributed by atoms with Gasteiger partial charge in [-0.2, -0.15) is 4.68 Å². The number of tetrazole rings is 1. The molecule has 0 amide bonds. The Morgan fingerprint density at radius 1 is 1.28 bits per heavy atom. The van der Waals surface area contributed by atoms with Crippen LogP contribution in [0.4, 0.5) is 0 Å². The summed E-state index contributed by atoms with van der Waals surface area (Å²) in [5.41, 5.74) is 0.798. The first-order valence-electron chi connectivity index (χ1n) is 5.74. The Morgan fingerprint density at radius 3 is 2.67 bits per heavy atom. The molecule has 1 aromatic carbocycles. The average molecular weight is 266 g/mol. The van der Waals surface area contributed by atoms with Crippen LogP contribution in [0.15, 0.2) is 24.3 Å². The van der Waals surface area contributed by atoms with Crippen LogP contribution in [-0.4, -0.2) is 25.7 Å². The van der Waals surface area contributed by atoms with Crippen molar-refractivity contribution in [3.8, 4) is 5.69 Å². The standard InChI is InChI=1S/C12H16ClN5/c1-12(2,3)14-8-11-15-16-17-18(11)10-7-5-4-6-9(10)13/h4-7,14H,8H2,1-3H3. The monoisotopic (exact) mass is 265 g/mol. The second-order valence-corrected chi connectivity index (χ2v) is 5.47. The Bertz CT molecular complexity index is 529. The fourth-order valence-electron chi connectivity index (χ4n) is 1.47. The van der Waals surface area contributed by atoms with Crippen LogP contribution in [0.3, 0.4) is 0 Å². The Labute approximate surface area is 111 Å². The van der Waals surface area contributed by atoms with Crippen molar-refractivity contribution in [2.24, 2.45) is 0 Å². The number of halogens is 1. The molecule has 0 saturated heterocycles. The van der Waals surface area contributed by atoms with Crippen LogP contribution < -0.4 is 5.32 Å². The van der Waals surface area contributed by atoms with Crippen LogP contribution in [0.25, 0.3) is 5.69 Å². The van der Waals surface area contributed by atoms with Crippen LogP contribution >= 0.6 is 11.6 Å². The van der Waals surface area contributed by atoms with Crippen molar-refractivity contribution in [1.29, 1.82) is 0 Å². The predicted octanol–water partition coefficient (Wildman–Crippen LogP) is 2.20. The summed E-state index contributed by atoms with van der Waals surface area (Å²) in [4.78, 5) is 0. The molecule has 96 valence electrons. The number of nitrogens with zero attached hydrogens (tertiary/aromatic N) is 4. The van der Waals surface area contributed by atoms with E-state index in [1.54, 1.807) is 4.68 Å². The fraction of sp³-hybridized carbons (Fsp3) is 0.417. The van der Waals surface area contributed by atoms with Gasteiger partial charge in [0.2, 0.25) is 0 Å². The van der Waals surface area contributed by atoms with Crippen molar-refractivity contribution in [2.75, 3.05) is 0 Å². The van der Waals surface area contributed by atoms with E-state index >= 15 is 0 Å². The number of nitrogens with one attached hydrogen (secondary N) is 1. The summed E-state index contributed by atoms with van der Waals surface area (Å²) < 4.78 is 1.65. The van der Waals surface area contributed by atoms with Crippen molar-refractivity contribution >= 4 is 11.6 Å². The third-order valence-corrected chi connectivity index (χ3v) is 2.71. The van der Waals surface area contributed by atoms with E-state index in [0.717, 1.165) is 11.5 Å². The van der Waals surface area contributed by atoms with Crippen LogP contribution in [0.5, 0.6) is 0 Å². The molecule has 0 bridgehead atoms. The minimum absolute atomic E-state index is 0.0112. The molecule has 2 rings (SSSR count). The SMILES string of the molecule is CC(C)(C)NCc1nnnn1-c1ccccc1Cl. The van der Waals surface area contributed by atoms with E-state index in [9.17, 15) is 0 Å². The summed E-state index contributed by atoms with van der Waals surface area (Å²) in [5.74, 6) is 0.734. The zero-order valence-corrected chi connectivity index (χ0v) is 11.4. The van der Waals surface area contributed by atoms with E-state index < -0.39 is 0 Å². The van der Waals surface area contributed by atoms with Gasteiger partial charge in [-0.25, -0.2) is 0 Å². The van der Waals surface area contributed by atoms with E-state index in [2.05, 4.69) is 41.6 Å².